The van der Waals surface area contributed by atoms with E-state index in [2.05, 4.69) is 0 Å². The van der Waals surface area contributed by atoms with E-state index in [1.165, 1.54) is 6.07 Å². The zero-order valence-corrected chi connectivity index (χ0v) is 11.6. The van der Waals surface area contributed by atoms with E-state index in [0.717, 1.165) is 16.9 Å². The fourth-order valence-corrected chi connectivity index (χ4v) is 2.47. The van der Waals surface area contributed by atoms with Crippen molar-refractivity contribution in [2.24, 2.45) is 0 Å². The Balaban J connectivity index is 1.69. The summed E-state index contributed by atoms with van der Waals surface area (Å²) in [5.74, 6) is 1.19. The molecule has 0 aromatic heterocycles. The van der Waals surface area contributed by atoms with Gasteiger partial charge in [0.25, 0.3) is 0 Å². The van der Waals surface area contributed by atoms with Gasteiger partial charge in [-0.25, -0.2) is 4.39 Å². The Hall–Kier alpha value is -1.74. The Morgan fingerprint density at radius 3 is 2.90 bits per heavy atom. The van der Waals surface area contributed by atoms with Crippen LogP contribution < -0.4 is 9.47 Å². The molecule has 0 radical (unpaired) electrons. The molecule has 1 aliphatic rings. The zero-order valence-electron chi connectivity index (χ0n) is 10.8. The van der Waals surface area contributed by atoms with Crippen molar-refractivity contribution >= 4 is 11.6 Å². The lowest BCUT2D eigenvalue weighted by Crippen LogP contribution is -2.12. The molecule has 0 amide bonds. The highest BCUT2D eigenvalue weighted by atomic mass is 35.5. The van der Waals surface area contributed by atoms with E-state index in [1.807, 2.05) is 24.3 Å². The number of para-hydroxylation sites is 1. The number of rotatable bonds is 4. The van der Waals surface area contributed by atoms with Crippen LogP contribution in [-0.4, -0.2) is 13.2 Å². The van der Waals surface area contributed by atoms with Crippen LogP contribution >= 0.6 is 11.6 Å². The second-order valence-corrected chi connectivity index (χ2v) is 5.02. The van der Waals surface area contributed by atoms with Gasteiger partial charge in [-0.2, -0.15) is 0 Å². The highest BCUT2D eigenvalue weighted by Crippen LogP contribution is 2.34. The number of halogens is 2. The lowest BCUT2D eigenvalue weighted by atomic mass is 10.0. The molecule has 1 heterocycles. The molecule has 0 aliphatic carbocycles. The maximum atomic E-state index is 13.8. The van der Waals surface area contributed by atoms with Crippen molar-refractivity contribution < 1.29 is 13.9 Å². The van der Waals surface area contributed by atoms with E-state index in [-0.39, 0.29) is 17.5 Å². The molecule has 4 heteroatoms. The molecule has 2 aromatic rings. The first-order chi connectivity index (χ1) is 9.78. The first-order valence-electron chi connectivity index (χ1n) is 6.47. The Bertz CT molecular complexity index is 615. The SMILES string of the molecule is Fc1cc(CCl)ccc1OCC1COc2ccccc21. The van der Waals surface area contributed by atoms with Crippen molar-refractivity contribution in [1.82, 2.24) is 0 Å². The van der Waals surface area contributed by atoms with Crippen molar-refractivity contribution in [3.63, 3.8) is 0 Å². The molecule has 3 rings (SSSR count). The van der Waals surface area contributed by atoms with Crippen molar-refractivity contribution in [2.45, 2.75) is 11.8 Å². The molecule has 0 saturated heterocycles. The highest BCUT2D eigenvalue weighted by molar-refractivity contribution is 6.17. The molecule has 104 valence electrons. The molecule has 0 spiro atoms. The number of benzene rings is 2. The summed E-state index contributed by atoms with van der Waals surface area (Å²) in [6.45, 7) is 0.967. The van der Waals surface area contributed by atoms with Gasteiger partial charge >= 0.3 is 0 Å². The molecule has 0 N–H and O–H groups in total. The maximum Gasteiger partial charge on any atom is 0.165 e. The maximum absolute atomic E-state index is 13.8. The van der Waals surface area contributed by atoms with E-state index in [4.69, 9.17) is 21.1 Å². The molecule has 20 heavy (non-hydrogen) atoms. The van der Waals surface area contributed by atoms with Crippen LogP contribution in [0.2, 0.25) is 0 Å². The Labute approximate surface area is 122 Å². The Kier molecular flexibility index (Phi) is 3.79. The van der Waals surface area contributed by atoms with Crippen LogP contribution in [0.1, 0.15) is 17.0 Å². The summed E-state index contributed by atoms with van der Waals surface area (Å²) in [6, 6.07) is 12.7. The minimum atomic E-state index is -0.379. The molecular weight excluding hydrogens is 279 g/mol. The first kappa shape index (κ1) is 13.3. The molecule has 2 aromatic carbocycles. The topological polar surface area (TPSA) is 18.5 Å². The van der Waals surface area contributed by atoms with Gasteiger partial charge in [0.05, 0.1) is 19.1 Å². The van der Waals surface area contributed by atoms with E-state index in [1.54, 1.807) is 12.1 Å². The largest absolute Gasteiger partial charge is 0.493 e. The first-order valence-corrected chi connectivity index (χ1v) is 7.00. The van der Waals surface area contributed by atoms with Gasteiger partial charge < -0.3 is 9.47 Å². The predicted octanol–water partition coefficient (Wildman–Crippen LogP) is 4.12. The fourth-order valence-electron chi connectivity index (χ4n) is 2.30. The second-order valence-electron chi connectivity index (χ2n) is 4.76. The highest BCUT2D eigenvalue weighted by Gasteiger charge is 2.24. The molecule has 1 unspecified atom stereocenters. The summed E-state index contributed by atoms with van der Waals surface area (Å²) in [5.41, 5.74) is 1.86. The van der Waals surface area contributed by atoms with Gasteiger partial charge in [-0.1, -0.05) is 24.3 Å². The van der Waals surface area contributed by atoms with Crippen LogP contribution in [0.4, 0.5) is 4.39 Å². The fraction of sp³-hybridized carbons (Fsp3) is 0.250. The van der Waals surface area contributed by atoms with Crippen molar-refractivity contribution in [3.8, 4) is 11.5 Å². The molecule has 0 bridgehead atoms. The number of fused-ring (bicyclic) bond motifs is 1. The van der Waals surface area contributed by atoms with E-state index < -0.39 is 0 Å². The second kappa shape index (κ2) is 5.71. The third-order valence-electron chi connectivity index (χ3n) is 3.39. The van der Waals surface area contributed by atoms with E-state index in [9.17, 15) is 4.39 Å². The van der Waals surface area contributed by atoms with Crippen LogP contribution in [0.25, 0.3) is 0 Å². The average molecular weight is 293 g/mol. The lowest BCUT2D eigenvalue weighted by Gasteiger charge is -2.12. The molecule has 2 nitrogen and oxygen atoms in total. The normalized spacial score (nSPS) is 16.6. The minimum Gasteiger partial charge on any atom is -0.493 e. The molecular formula is C16H14ClFO2. The van der Waals surface area contributed by atoms with Crippen molar-refractivity contribution in [3.05, 3.63) is 59.4 Å². The van der Waals surface area contributed by atoms with Crippen LogP contribution in [-0.2, 0) is 5.88 Å². The summed E-state index contributed by atoms with van der Waals surface area (Å²) >= 11 is 5.66. The number of hydrogen-bond donors (Lipinski definition) is 0. The van der Waals surface area contributed by atoms with Gasteiger partial charge in [-0.05, 0) is 23.8 Å². The summed E-state index contributed by atoms with van der Waals surface area (Å²) in [6.07, 6.45) is 0. The Morgan fingerprint density at radius 1 is 1.25 bits per heavy atom. The average Bonchev–Trinajstić information content (AvgIpc) is 2.89. The number of alkyl halides is 1. The van der Waals surface area contributed by atoms with Crippen LogP contribution in [0, 0.1) is 5.82 Å². The number of hydrogen-bond acceptors (Lipinski definition) is 2. The smallest absolute Gasteiger partial charge is 0.165 e. The van der Waals surface area contributed by atoms with E-state index in [0.29, 0.717) is 19.1 Å². The summed E-state index contributed by atoms with van der Waals surface area (Å²) < 4.78 is 24.9. The van der Waals surface area contributed by atoms with Gasteiger partial charge in [0.2, 0.25) is 0 Å². The summed E-state index contributed by atoms with van der Waals surface area (Å²) in [7, 11) is 0. The van der Waals surface area contributed by atoms with Crippen LogP contribution in [0.5, 0.6) is 11.5 Å². The van der Waals surface area contributed by atoms with Gasteiger partial charge in [0.15, 0.2) is 11.6 Å². The van der Waals surface area contributed by atoms with Gasteiger partial charge in [-0.3, -0.25) is 0 Å². The molecule has 0 saturated carbocycles. The van der Waals surface area contributed by atoms with E-state index >= 15 is 0 Å². The summed E-state index contributed by atoms with van der Waals surface area (Å²) in [5, 5.41) is 0. The molecule has 1 atom stereocenters. The van der Waals surface area contributed by atoms with Crippen LogP contribution in [0.3, 0.4) is 0 Å². The van der Waals surface area contributed by atoms with Gasteiger partial charge in [-0.15, -0.1) is 11.6 Å². The van der Waals surface area contributed by atoms with Gasteiger partial charge in [0, 0.05) is 11.4 Å². The third-order valence-corrected chi connectivity index (χ3v) is 3.70. The molecule has 1 aliphatic heterocycles. The quantitative estimate of drug-likeness (QED) is 0.789. The zero-order chi connectivity index (χ0) is 13.9. The lowest BCUT2D eigenvalue weighted by molar-refractivity contribution is 0.241. The van der Waals surface area contributed by atoms with Crippen LogP contribution in [0.15, 0.2) is 42.5 Å². The molecule has 0 fully saturated rings. The standard InChI is InChI=1S/C16H14ClFO2/c17-8-11-5-6-16(14(18)7-11)20-10-12-9-19-15-4-2-1-3-13(12)15/h1-7,12H,8-10H2. The summed E-state index contributed by atoms with van der Waals surface area (Å²) in [4.78, 5) is 0. The minimum absolute atomic E-state index is 0.137. The van der Waals surface area contributed by atoms with Crippen molar-refractivity contribution in [1.29, 1.82) is 0 Å². The van der Waals surface area contributed by atoms with Crippen molar-refractivity contribution in [2.75, 3.05) is 13.2 Å². The van der Waals surface area contributed by atoms with Gasteiger partial charge in [0.1, 0.15) is 5.75 Å². The monoisotopic (exact) mass is 292 g/mol. The third kappa shape index (κ3) is 2.59. The predicted molar refractivity (Wildman–Crippen MR) is 76.1 cm³/mol. The number of ether oxygens (including phenoxy) is 2. The Morgan fingerprint density at radius 2 is 2.10 bits per heavy atom.